The van der Waals surface area contributed by atoms with Crippen LogP contribution in [0.3, 0.4) is 0 Å². The van der Waals surface area contributed by atoms with Crippen molar-refractivity contribution in [3.05, 3.63) is 77.4 Å². The third kappa shape index (κ3) is 4.72. The first-order valence-electron chi connectivity index (χ1n) is 10.4. The van der Waals surface area contributed by atoms with Crippen molar-refractivity contribution in [2.75, 3.05) is 13.1 Å². The number of benzene rings is 2. The maximum absolute atomic E-state index is 13.7. The van der Waals surface area contributed by atoms with Crippen LogP contribution < -0.4 is 0 Å². The lowest BCUT2D eigenvalue weighted by molar-refractivity contribution is -0.136. The number of hydrogen-bond acceptors (Lipinski definition) is 4. The van der Waals surface area contributed by atoms with Crippen LogP contribution in [0.1, 0.15) is 35.8 Å². The van der Waals surface area contributed by atoms with E-state index < -0.39 is 6.04 Å². The second kappa shape index (κ2) is 9.15. The molecule has 7 heteroatoms. The number of aryl methyl sites for hydroxylation is 1. The first-order valence-corrected chi connectivity index (χ1v) is 10.4. The van der Waals surface area contributed by atoms with Gasteiger partial charge in [0.2, 0.25) is 5.91 Å². The van der Waals surface area contributed by atoms with E-state index in [1.165, 1.54) is 17.7 Å². The summed E-state index contributed by atoms with van der Waals surface area (Å²) in [7, 11) is 0. The Hall–Kier alpha value is -3.09. The van der Waals surface area contributed by atoms with Crippen molar-refractivity contribution in [2.45, 2.75) is 38.6 Å². The number of rotatable bonds is 6. The highest BCUT2D eigenvalue weighted by Gasteiger charge is 2.31. The van der Waals surface area contributed by atoms with Crippen LogP contribution in [0.15, 0.2) is 54.6 Å². The molecular formula is C23H26FN5O. The number of hydrogen-bond donors (Lipinski definition) is 0. The van der Waals surface area contributed by atoms with Gasteiger partial charge in [0.25, 0.3) is 0 Å². The second-order valence-electron chi connectivity index (χ2n) is 7.98. The molecule has 1 amide bonds. The van der Waals surface area contributed by atoms with Gasteiger partial charge in [0.1, 0.15) is 17.7 Å². The van der Waals surface area contributed by atoms with Crippen molar-refractivity contribution in [1.29, 1.82) is 0 Å². The minimum Gasteiger partial charge on any atom is -0.341 e. The van der Waals surface area contributed by atoms with Gasteiger partial charge in [0.05, 0.1) is 0 Å². The summed E-state index contributed by atoms with van der Waals surface area (Å²) < 4.78 is 15.2. The first kappa shape index (κ1) is 20.2. The number of nitrogens with zero attached hydrogens (tertiary/aromatic N) is 5. The summed E-state index contributed by atoms with van der Waals surface area (Å²) in [5, 5.41) is 11.7. The van der Waals surface area contributed by atoms with Gasteiger partial charge in [-0.15, -0.1) is 5.10 Å². The number of carbonyl (C=O) groups is 1. The van der Waals surface area contributed by atoms with E-state index in [4.69, 9.17) is 0 Å². The molecule has 0 saturated carbocycles. The SMILES string of the molecule is Cc1nnnn1C(Cc1cccc(F)c1)C(=O)N1CCC(Cc2ccccc2)CC1. The quantitative estimate of drug-likeness (QED) is 0.628. The molecule has 4 rings (SSSR count). The number of aromatic nitrogens is 4. The topological polar surface area (TPSA) is 63.9 Å². The highest BCUT2D eigenvalue weighted by Crippen LogP contribution is 2.25. The minimum absolute atomic E-state index is 0.00665. The fourth-order valence-corrected chi connectivity index (χ4v) is 4.21. The molecule has 30 heavy (non-hydrogen) atoms. The molecule has 156 valence electrons. The zero-order valence-electron chi connectivity index (χ0n) is 17.1. The smallest absolute Gasteiger partial charge is 0.247 e. The Morgan fingerprint density at radius 1 is 1.10 bits per heavy atom. The molecule has 0 radical (unpaired) electrons. The maximum Gasteiger partial charge on any atom is 0.247 e. The number of likely N-dealkylation sites (tertiary alicyclic amines) is 1. The van der Waals surface area contributed by atoms with Gasteiger partial charge in [0, 0.05) is 19.5 Å². The standard InChI is InChI=1S/C23H26FN5O/c1-17-25-26-27-29(17)22(16-20-8-5-9-21(24)15-20)23(30)28-12-10-19(11-13-28)14-18-6-3-2-4-7-18/h2-9,15,19,22H,10-14,16H2,1H3. The lowest BCUT2D eigenvalue weighted by Crippen LogP contribution is -2.43. The van der Waals surface area contributed by atoms with E-state index in [1.807, 2.05) is 17.0 Å². The number of tetrazole rings is 1. The molecule has 1 fully saturated rings. The summed E-state index contributed by atoms with van der Waals surface area (Å²) >= 11 is 0. The van der Waals surface area contributed by atoms with E-state index in [9.17, 15) is 9.18 Å². The average Bonchev–Trinajstić information content (AvgIpc) is 3.18. The molecule has 3 aromatic rings. The Bertz CT molecular complexity index is 982. The van der Waals surface area contributed by atoms with Gasteiger partial charge < -0.3 is 4.90 Å². The van der Waals surface area contributed by atoms with Crippen LogP contribution in [0.25, 0.3) is 0 Å². The van der Waals surface area contributed by atoms with Crippen LogP contribution in [-0.4, -0.2) is 44.1 Å². The molecule has 0 spiro atoms. The van der Waals surface area contributed by atoms with E-state index >= 15 is 0 Å². The molecule has 0 N–H and O–H groups in total. The second-order valence-corrected chi connectivity index (χ2v) is 7.98. The largest absolute Gasteiger partial charge is 0.341 e. The summed E-state index contributed by atoms with van der Waals surface area (Å²) in [4.78, 5) is 15.3. The van der Waals surface area contributed by atoms with Crippen LogP contribution in [0.5, 0.6) is 0 Å². The molecule has 1 saturated heterocycles. The van der Waals surface area contributed by atoms with Crippen LogP contribution in [0.4, 0.5) is 4.39 Å². The summed E-state index contributed by atoms with van der Waals surface area (Å²) in [6.07, 6.45) is 3.35. The van der Waals surface area contributed by atoms with E-state index in [0.717, 1.165) is 37.9 Å². The number of halogens is 1. The van der Waals surface area contributed by atoms with Crippen LogP contribution >= 0.6 is 0 Å². The Morgan fingerprint density at radius 2 is 1.83 bits per heavy atom. The van der Waals surface area contributed by atoms with Crippen molar-refractivity contribution >= 4 is 5.91 Å². The molecule has 1 aliphatic heterocycles. The van der Waals surface area contributed by atoms with Crippen LogP contribution in [0, 0.1) is 18.7 Å². The summed E-state index contributed by atoms with van der Waals surface area (Å²) in [5.74, 6) is 0.832. The summed E-state index contributed by atoms with van der Waals surface area (Å²) in [6.45, 7) is 3.21. The molecule has 0 aliphatic carbocycles. The van der Waals surface area contributed by atoms with Gasteiger partial charge >= 0.3 is 0 Å². The third-order valence-corrected chi connectivity index (χ3v) is 5.85. The van der Waals surface area contributed by atoms with Crippen molar-refractivity contribution in [3.8, 4) is 0 Å². The lowest BCUT2D eigenvalue weighted by Gasteiger charge is -2.34. The van der Waals surface area contributed by atoms with E-state index in [-0.39, 0.29) is 11.7 Å². The normalized spacial score (nSPS) is 15.9. The van der Waals surface area contributed by atoms with Crippen molar-refractivity contribution in [3.63, 3.8) is 0 Å². The van der Waals surface area contributed by atoms with Crippen molar-refractivity contribution < 1.29 is 9.18 Å². The highest BCUT2D eigenvalue weighted by molar-refractivity contribution is 5.80. The number of piperidine rings is 1. The third-order valence-electron chi connectivity index (χ3n) is 5.85. The molecule has 0 bridgehead atoms. The Kier molecular flexibility index (Phi) is 6.16. The predicted molar refractivity (Wildman–Crippen MR) is 111 cm³/mol. The Balaban J connectivity index is 1.45. The van der Waals surface area contributed by atoms with Gasteiger partial charge in [-0.3, -0.25) is 4.79 Å². The molecule has 1 atom stereocenters. The molecule has 2 aromatic carbocycles. The van der Waals surface area contributed by atoms with Gasteiger partial charge in [0.15, 0.2) is 0 Å². The van der Waals surface area contributed by atoms with Crippen molar-refractivity contribution in [1.82, 2.24) is 25.1 Å². The van der Waals surface area contributed by atoms with Crippen LogP contribution in [-0.2, 0) is 17.6 Å². The zero-order chi connectivity index (χ0) is 20.9. The van der Waals surface area contributed by atoms with Gasteiger partial charge in [-0.2, -0.15) is 0 Å². The first-order chi connectivity index (χ1) is 14.6. The van der Waals surface area contributed by atoms with Gasteiger partial charge in [-0.05, 0) is 65.8 Å². The number of carbonyl (C=O) groups excluding carboxylic acids is 1. The zero-order valence-corrected chi connectivity index (χ0v) is 17.1. The lowest BCUT2D eigenvalue weighted by atomic mass is 9.90. The van der Waals surface area contributed by atoms with E-state index in [1.54, 1.807) is 17.7 Å². The summed E-state index contributed by atoms with van der Waals surface area (Å²) in [5.41, 5.74) is 2.10. The molecule has 2 heterocycles. The molecular weight excluding hydrogens is 381 g/mol. The fraction of sp³-hybridized carbons (Fsp3) is 0.391. The maximum atomic E-state index is 13.7. The van der Waals surface area contributed by atoms with Crippen molar-refractivity contribution in [2.24, 2.45) is 5.92 Å². The van der Waals surface area contributed by atoms with Crippen LogP contribution in [0.2, 0.25) is 0 Å². The molecule has 6 nitrogen and oxygen atoms in total. The average molecular weight is 407 g/mol. The molecule has 1 aliphatic rings. The number of amides is 1. The summed E-state index contributed by atoms with van der Waals surface area (Å²) in [6, 6.07) is 16.3. The molecule has 1 unspecified atom stereocenters. The van der Waals surface area contributed by atoms with E-state index in [0.29, 0.717) is 18.2 Å². The van der Waals surface area contributed by atoms with E-state index in [2.05, 4.69) is 39.8 Å². The predicted octanol–water partition coefficient (Wildman–Crippen LogP) is 3.39. The minimum atomic E-state index is -0.576. The monoisotopic (exact) mass is 407 g/mol. The highest BCUT2D eigenvalue weighted by atomic mass is 19.1. The fourth-order valence-electron chi connectivity index (χ4n) is 4.21. The van der Waals surface area contributed by atoms with Gasteiger partial charge in [-0.1, -0.05) is 42.5 Å². The van der Waals surface area contributed by atoms with Gasteiger partial charge in [-0.25, -0.2) is 9.07 Å². The Morgan fingerprint density at radius 3 is 2.50 bits per heavy atom. The molecule has 1 aromatic heterocycles. The Labute approximate surface area is 175 Å².